The Bertz CT molecular complexity index is 1210. The zero-order valence-electron chi connectivity index (χ0n) is 20.4. The molecule has 2 heterocycles. The number of amides is 1. The molecule has 10 nitrogen and oxygen atoms in total. The number of hydrogen-bond donors (Lipinski definition) is 3. The van der Waals surface area contributed by atoms with Gasteiger partial charge < -0.3 is 21.4 Å². The number of rotatable bonds is 7. The van der Waals surface area contributed by atoms with Gasteiger partial charge in [0.2, 0.25) is 5.91 Å². The van der Waals surface area contributed by atoms with E-state index < -0.39 is 11.2 Å². The molecule has 1 amide bonds. The zero-order valence-corrected chi connectivity index (χ0v) is 20.4. The van der Waals surface area contributed by atoms with E-state index >= 15 is 0 Å². The highest BCUT2D eigenvalue weighted by Gasteiger charge is 2.32. The molecule has 34 heavy (non-hydrogen) atoms. The van der Waals surface area contributed by atoms with Gasteiger partial charge in [-0.15, -0.1) is 0 Å². The number of aromatic nitrogens is 2. The van der Waals surface area contributed by atoms with Crippen LogP contribution in [0.25, 0.3) is 10.9 Å². The van der Waals surface area contributed by atoms with Crippen LogP contribution in [0.1, 0.15) is 51.6 Å². The number of anilines is 1. The fourth-order valence-corrected chi connectivity index (χ4v) is 4.87. The average molecular weight is 470 g/mol. The summed E-state index contributed by atoms with van der Waals surface area (Å²) in [4.78, 5) is 39.1. The molecular formula is C24H35N7O3. The molecule has 1 aromatic heterocycles. The van der Waals surface area contributed by atoms with Crippen molar-refractivity contribution < 1.29 is 4.79 Å². The number of fused-ring (bicyclic) bond motifs is 1. The number of carbonyl (C=O) groups excluding carboxylic acids is 1. The SMILES string of the molecule is CC#N.CCNC(CNC(C)=O)C1CCN(c2ccc3c(=O)n(N)c(=O)n(C4CC4)c3c2C)C1. The molecule has 1 aliphatic heterocycles. The van der Waals surface area contributed by atoms with Crippen molar-refractivity contribution in [2.75, 3.05) is 36.9 Å². The van der Waals surface area contributed by atoms with Gasteiger partial charge in [0.25, 0.3) is 5.56 Å². The smallest absolute Gasteiger partial charge is 0.350 e. The maximum absolute atomic E-state index is 12.8. The fourth-order valence-electron chi connectivity index (χ4n) is 4.87. The molecule has 2 atom stereocenters. The highest BCUT2D eigenvalue weighted by Crippen LogP contribution is 2.38. The first-order valence-electron chi connectivity index (χ1n) is 11.8. The third kappa shape index (κ3) is 5.09. The molecule has 1 aromatic carbocycles. The molecule has 4 rings (SSSR count). The Kier molecular flexibility index (Phi) is 7.99. The molecule has 2 fully saturated rings. The number of hydrogen-bond acceptors (Lipinski definition) is 7. The molecule has 1 aliphatic carbocycles. The molecule has 0 bridgehead atoms. The fraction of sp³-hybridized carbons (Fsp3) is 0.583. The number of likely N-dealkylation sites (N-methyl/N-ethyl adjacent to an activating group) is 1. The zero-order chi connectivity index (χ0) is 25.0. The molecule has 2 aliphatic rings. The van der Waals surface area contributed by atoms with E-state index in [1.165, 1.54) is 13.8 Å². The Morgan fingerprint density at radius 2 is 1.97 bits per heavy atom. The summed E-state index contributed by atoms with van der Waals surface area (Å²) in [6.45, 7) is 10.2. The maximum atomic E-state index is 12.8. The first kappa shape index (κ1) is 25.3. The number of nitrogens with zero attached hydrogens (tertiary/aromatic N) is 4. The lowest BCUT2D eigenvalue weighted by Gasteiger charge is -2.27. The normalized spacial score (nSPS) is 18.2. The number of carbonyl (C=O) groups is 1. The summed E-state index contributed by atoms with van der Waals surface area (Å²) in [6.07, 6.45) is 2.86. The topological polar surface area (TPSA) is 138 Å². The van der Waals surface area contributed by atoms with E-state index in [4.69, 9.17) is 11.1 Å². The van der Waals surface area contributed by atoms with Crippen molar-refractivity contribution in [1.29, 1.82) is 5.26 Å². The van der Waals surface area contributed by atoms with Crippen LogP contribution in [0.2, 0.25) is 0 Å². The quantitative estimate of drug-likeness (QED) is 0.514. The number of nitriles is 1. The minimum atomic E-state index is -0.451. The van der Waals surface area contributed by atoms with Crippen molar-refractivity contribution in [1.82, 2.24) is 19.9 Å². The van der Waals surface area contributed by atoms with Gasteiger partial charge in [0.15, 0.2) is 0 Å². The van der Waals surface area contributed by atoms with E-state index in [0.717, 1.165) is 54.8 Å². The van der Waals surface area contributed by atoms with Crippen molar-refractivity contribution in [2.24, 2.45) is 5.92 Å². The molecule has 1 saturated carbocycles. The lowest BCUT2D eigenvalue weighted by atomic mass is 9.98. The first-order valence-corrected chi connectivity index (χ1v) is 11.8. The van der Waals surface area contributed by atoms with Crippen LogP contribution < -0.4 is 32.6 Å². The van der Waals surface area contributed by atoms with Crippen LogP contribution >= 0.6 is 0 Å². The van der Waals surface area contributed by atoms with Gasteiger partial charge in [-0.25, -0.2) is 4.79 Å². The second kappa shape index (κ2) is 10.7. The standard InChI is InChI=1S/C22H32N6O3.C2H3N/c1-4-24-18(11-25-14(3)29)15-9-10-26(12-15)19-8-7-17-20(13(19)2)27(16-5-6-16)22(31)28(23)21(17)30;1-2-3/h7-8,15-16,18,24H,4-6,9-12,23H2,1-3H3,(H,25,29);1H3. The average Bonchev–Trinajstić information content (AvgIpc) is 3.52. The van der Waals surface area contributed by atoms with Crippen LogP contribution in [0, 0.1) is 24.2 Å². The minimum absolute atomic E-state index is 0.0215. The second-order valence-electron chi connectivity index (χ2n) is 8.98. The Morgan fingerprint density at radius 3 is 2.56 bits per heavy atom. The lowest BCUT2D eigenvalue weighted by Crippen LogP contribution is -2.46. The summed E-state index contributed by atoms with van der Waals surface area (Å²) in [5, 5.41) is 14.2. The number of nitrogen functional groups attached to an aromatic ring is 1. The van der Waals surface area contributed by atoms with Gasteiger partial charge in [0.05, 0.1) is 17.0 Å². The van der Waals surface area contributed by atoms with Crippen LogP contribution in [0.5, 0.6) is 0 Å². The third-order valence-electron chi connectivity index (χ3n) is 6.59. The Labute approximate surface area is 199 Å². The van der Waals surface area contributed by atoms with E-state index in [-0.39, 0.29) is 18.0 Å². The highest BCUT2D eigenvalue weighted by molar-refractivity contribution is 5.87. The predicted molar refractivity (Wildman–Crippen MR) is 133 cm³/mol. The maximum Gasteiger partial charge on any atom is 0.350 e. The van der Waals surface area contributed by atoms with Gasteiger partial charge in [-0.2, -0.15) is 9.94 Å². The molecule has 2 aromatic rings. The summed E-state index contributed by atoms with van der Waals surface area (Å²) < 4.78 is 2.44. The molecule has 1 saturated heterocycles. The number of nitrogens with one attached hydrogen (secondary N) is 2. The molecule has 10 heteroatoms. The van der Waals surface area contributed by atoms with Crippen molar-refractivity contribution in [3.05, 3.63) is 38.5 Å². The number of aryl methyl sites for hydroxylation is 1. The number of nitrogens with two attached hydrogens (primary N) is 1. The van der Waals surface area contributed by atoms with E-state index in [2.05, 4.69) is 22.5 Å². The van der Waals surface area contributed by atoms with Gasteiger partial charge in [0, 0.05) is 51.3 Å². The first-order chi connectivity index (χ1) is 16.2. The van der Waals surface area contributed by atoms with Crippen molar-refractivity contribution >= 4 is 22.5 Å². The van der Waals surface area contributed by atoms with Crippen LogP contribution in [0.3, 0.4) is 0 Å². The lowest BCUT2D eigenvalue weighted by molar-refractivity contribution is -0.119. The van der Waals surface area contributed by atoms with Gasteiger partial charge in [0.1, 0.15) is 0 Å². The minimum Gasteiger partial charge on any atom is -0.371 e. The summed E-state index contributed by atoms with van der Waals surface area (Å²) in [7, 11) is 0. The molecule has 0 spiro atoms. The van der Waals surface area contributed by atoms with Gasteiger partial charge in [-0.3, -0.25) is 14.2 Å². The summed E-state index contributed by atoms with van der Waals surface area (Å²) in [5.74, 6) is 6.15. The van der Waals surface area contributed by atoms with Crippen LogP contribution in [0.4, 0.5) is 5.69 Å². The summed E-state index contributed by atoms with van der Waals surface area (Å²) in [5.41, 5.74) is 1.81. The largest absolute Gasteiger partial charge is 0.371 e. The van der Waals surface area contributed by atoms with Crippen molar-refractivity contribution in [2.45, 2.75) is 59.0 Å². The molecule has 2 unspecified atom stereocenters. The Morgan fingerprint density at radius 1 is 1.29 bits per heavy atom. The Balaban J connectivity index is 0.00000103. The van der Waals surface area contributed by atoms with Gasteiger partial charge >= 0.3 is 5.69 Å². The molecule has 184 valence electrons. The van der Waals surface area contributed by atoms with Crippen molar-refractivity contribution in [3.63, 3.8) is 0 Å². The van der Waals surface area contributed by atoms with Crippen molar-refractivity contribution in [3.8, 4) is 6.07 Å². The van der Waals surface area contributed by atoms with Crippen LogP contribution in [0.15, 0.2) is 21.7 Å². The Hall–Kier alpha value is -3.32. The summed E-state index contributed by atoms with van der Waals surface area (Å²) in [6, 6.07) is 5.84. The monoisotopic (exact) mass is 469 g/mol. The van der Waals surface area contributed by atoms with E-state index in [9.17, 15) is 14.4 Å². The highest BCUT2D eigenvalue weighted by atomic mass is 16.2. The second-order valence-corrected chi connectivity index (χ2v) is 8.98. The van der Waals surface area contributed by atoms with Crippen LogP contribution in [-0.2, 0) is 4.79 Å². The number of benzene rings is 1. The molecular weight excluding hydrogens is 434 g/mol. The van der Waals surface area contributed by atoms with E-state index in [1.807, 2.05) is 13.0 Å². The molecule has 0 radical (unpaired) electrons. The van der Waals surface area contributed by atoms with Crippen LogP contribution in [-0.4, -0.2) is 47.4 Å². The van der Waals surface area contributed by atoms with Gasteiger partial charge in [-0.05, 0) is 56.3 Å². The third-order valence-corrected chi connectivity index (χ3v) is 6.59. The van der Waals surface area contributed by atoms with Gasteiger partial charge in [-0.1, -0.05) is 6.92 Å². The van der Waals surface area contributed by atoms with E-state index in [1.54, 1.807) is 16.7 Å². The summed E-state index contributed by atoms with van der Waals surface area (Å²) >= 11 is 0. The predicted octanol–water partition coefficient (Wildman–Crippen LogP) is 0.991. The van der Waals surface area contributed by atoms with E-state index in [0.29, 0.717) is 23.4 Å². The molecule has 4 N–H and O–H groups in total.